The van der Waals surface area contributed by atoms with Crippen LogP contribution in [-0.2, 0) is 5.54 Å². The molecule has 1 aromatic carbocycles. The zero-order valence-corrected chi connectivity index (χ0v) is 8.38. The minimum Gasteiger partial charge on any atom is -0.388 e. The van der Waals surface area contributed by atoms with Crippen molar-refractivity contribution in [2.75, 3.05) is 13.2 Å². The topological polar surface area (TPSA) is 83.6 Å². The fourth-order valence-corrected chi connectivity index (χ4v) is 1.53. The first-order valence-electron chi connectivity index (χ1n) is 4.51. The van der Waals surface area contributed by atoms with E-state index in [-0.39, 0.29) is 0 Å². The van der Waals surface area contributed by atoms with Crippen molar-refractivity contribution >= 4 is 0 Å². The highest BCUT2D eigenvalue weighted by molar-refractivity contribution is 5.31. The van der Waals surface area contributed by atoms with Crippen LogP contribution in [0, 0.1) is 17.0 Å². The molecule has 2 N–H and O–H groups in total. The molecule has 0 aliphatic carbocycles. The summed E-state index contributed by atoms with van der Waals surface area (Å²) in [4.78, 5) is 10.3. The van der Waals surface area contributed by atoms with Gasteiger partial charge in [0, 0.05) is 10.5 Å². The van der Waals surface area contributed by atoms with Crippen molar-refractivity contribution in [3.05, 3.63) is 45.5 Å². The molecule has 0 aliphatic rings. The van der Waals surface area contributed by atoms with E-state index in [0.717, 1.165) is 0 Å². The second kappa shape index (κ2) is 4.37. The number of benzene rings is 1. The van der Waals surface area contributed by atoms with Gasteiger partial charge in [-0.05, 0) is 12.5 Å². The van der Waals surface area contributed by atoms with Gasteiger partial charge in [0.2, 0.25) is 0 Å². The second-order valence-corrected chi connectivity index (χ2v) is 3.42. The molecule has 1 rings (SSSR count). The fourth-order valence-electron chi connectivity index (χ4n) is 1.53. The summed E-state index contributed by atoms with van der Waals surface area (Å²) in [6, 6.07) is 6.65. The van der Waals surface area contributed by atoms with E-state index in [2.05, 4.69) is 0 Å². The lowest BCUT2D eigenvalue weighted by atomic mass is 9.89. The van der Waals surface area contributed by atoms with Gasteiger partial charge in [-0.15, -0.1) is 0 Å². The van der Waals surface area contributed by atoms with E-state index in [1.807, 2.05) is 0 Å². The van der Waals surface area contributed by atoms with E-state index in [0.29, 0.717) is 11.1 Å². The van der Waals surface area contributed by atoms with Gasteiger partial charge in [0.15, 0.2) is 0 Å². The summed E-state index contributed by atoms with van der Waals surface area (Å²) in [5.41, 5.74) is -0.775. The summed E-state index contributed by atoms with van der Waals surface area (Å²) in [7, 11) is 0. The van der Waals surface area contributed by atoms with Crippen LogP contribution in [0.5, 0.6) is 0 Å². The molecule has 15 heavy (non-hydrogen) atoms. The van der Waals surface area contributed by atoms with Crippen LogP contribution >= 0.6 is 0 Å². The third-order valence-corrected chi connectivity index (χ3v) is 2.52. The molecular weight excluding hydrogens is 198 g/mol. The lowest BCUT2D eigenvalue weighted by molar-refractivity contribution is -0.587. The van der Waals surface area contributed by atoms with Crippen molar-refractivity contribution in [2.24, 2.45) is 0 Å². The molecule has 0 aliphatic heterocycles. The summed E-state index contributed by atoms with van der Waals surface area (Å²) >= 11 is 0. The number of aliphatic hydroxyl groups is 2. The van der Waals surface area contributed by atoms with Gasteiger partial charge in [-0.25, -0.2) is 0 Å². The number of hydrogen-bond donors (Lipinski definition) is 2. The highest BCUT2D eigenvalue weighted by atomic mass is 16.6. The monoisotopic (exact) mass is 211 g/mol. The van der Waals surface area contributed by atoms with Gasteiger partial charge >= 0.3 is 0 Å². The first-order chi connectivity index (χ1) is 7.08. The number of aliphatic hydroxyl groups excluding tert-OH is 2. The van der Waals surface area contributed by atoms with Crippen LogP contribution in [0.25, 0.3) is 0 Å². The molecule has 0 radical (unpaired) electrons. The lowest BCUT2D eigenvalue weighted by Crippen LogP contribution is -2.43. The fraction of sp³-hybridized carbons (Fsp3) is 0.400. The summed E-state index contributed by atoms with van der Waals surface area (Å²) in [5, 5.41) is 29.2. The SMILES string of the molecule is Cc1ccccc1C(CO)(CO)[N+](=O)[O-]. The zero-order valence-electron chi connectivity index (χ0n) is 8.38. The third-order valence-electron chi connectivity index (χ3n) is 2.52. The third kappa shape index (κ3) is 1.84. The maximum Gasteiger partial charge on any atom is 0.292 e. The second-order valence-electron chi connectivity index (χ2n) is 3.42. The summed E-state index contributed by atoms with van der Waals surface area (Å²) in [6.07, 6.45) is 0. The largest absolute Gasteiger partial charge is 0.388 e. The Kier molecular flexibility index (Phi) is 3.39. The van der Waals surface area contributed by atoms with Crippen molar-refractivity contribution < 1.29 is 15.1 Å². The number of hydrogen-bond acceptors (Lipinski definition) is 4. The first-order valence-corrected chi connectivity index (χ1v) is 4.51. The minimum atomic E-state index is -1.80. The molecule has 5 heteroatoms. The Morgan fingerprint density at radius 1 is 1.33 bits per heavy atom. The molecule has 5 nitrogen and oxygen atoms in total. The Labute approximate surface area is 87.1 Å². The molecule has 0 unspecified atom stereocenters. The number of rotatable bonds is 4. The van der Waals surface area contributed by atoms with Crippen LogP contribution in [0.4, 0.5) is 0 Å². The van der Waals surface area contributed by atoms with Crippen LogP contribution in [0.15, 0.2) is 24.3 Å². The van der Waals surface area contributed by atoms with Crippen molar-refractivity contribution in [1.82, 2.24) is 0 Å². The van der Waals surface area contributed by atoms with Crippen molar-refractivity contribution in [3.63, 3.8) is 0 Å². The van der Waals surface area contributed by atoms with E-state index >= 15 is 0 Å². The molecular formula is C10H13NO4. The maximum atomic E-state index is 10.9. The predicted octanol–water partition coefficient (Wildman–Crippen LogP) is 0.452. The Morgan fingerprint density at radius 2 is 1.87 bits per heavy atom. The first kappa shape index (κ1) is 11.6. The van der Waals surface area contributed by atoms with Crippen LogP contribution in [0.1, 0.15) is 11.1 Å². The molecule has 1 aromatic rings. The molecule has 0 atom stereocenters. The van der Waals surface area contributed by atoms with Gasteiger partial charge in [-0.1, -0.05) is 24.3 Å². The average Bonchev–Trinajstić information content (AvgIpc) is 2.22. The standard InChI is InChI=1S/C10H13NO4/c1-8-4-2-3-5-9(8)10(6-12,7-13)11(14)15/h2-5,12-13H,6-7H2,1H3. The number of nitro groups is 1. The molecule has 0 amide bonds. The number of aryl methyl sites for hydroxylation is 1. The predicted molar refractivity (Wildman–Crippen MR) is 54.0 cm³/mol. The van der Waals surface area contributed by atoms with Gasteiger partial charge in [0.1, 0.15) is 13.2 Å². The van der Waals surface area contributed by atoms with Crippen LogP contribution in [0.3, 0.4) is 0 Å². The van der Waals surface area contributed by atoms with E-state index in [9.17, 15) is 10.1 Å². The summed E-state index contributed by atoms with van der Waals surface area (Å²) in [6.45, 7) is 0.265. The Hall–Kier alpha value is -1.46. The van der Waals surface area contributed by atoms with Crippen molar-refractivity contribution in [3.8, 4) is 0 Å². The Morgan fingerprint density at radius 3 is 2.27 bits per heavy atom. The normalized spacial score (nSPS) is 11.4. The van der Waals surface area contributed by atoms with Gasteiger partial charge in [0.25, 0.3) is 5.54 Å². The quantitative estimate of drug-likeness (QED) is 0.559. The molecule has 82 valence electrons. The van der Waals surface area contributed by atoms with Crippen LogP contribution < -0.4 is 0 Å². The van der Waals surface area contributed by atoms with Gasteiger partial charge < -0.3 is 10.2 Å². The molecule has 0 bridgehead atoms. The van der Waals surface area contributed by atoms with Crippen molar-refractivity contribution in [1.29, 1.82) is 0 Å². The number of nitrogens with zero attached hydrogens (tertiary/aromatic N) is 1. The van der Waals surface area contributed by atoms with Crippen molar-refractivity contribution in [2.45, 2.75) is 12.5 Å². The van der Waals surface area contributed by atoms with Gasteiger partial charge in [-0.2, -0.15) is 0 Å². The molecule has 0 fully saturated rings. The highest BCUT2D eigenvalue weighted by Gasteiger charge is 2.44. The van der Waals surface area contributed by atoms with Crippen LogP contribution in [-0.4, -0.2) is 28.4 Å². The van der Waals surface area contributed by atoms with E-state index in [4.69, 9.17) is 10.2 Å². The Balaban J connectivity index is 3.33. The molecule has 0 spiro atoms. The van der Waals surface area contributed by atoms with Gasteiger partial charge in [-0.3, -0.25) is 10.1 Å². The smallest absolute Gasteiger partial charge is 0.292 e. The highest BCUT2D eigenvalue weighted by Crippen LogP contribution is 2.26. The van der Waals surface area contributed by atoms with E-state index in [1.54, 1.807) is 31.2 Å². The molecule has 0 aromatic heterocycles. The summed E-state index contributed by atoms with van der Waals surface area (Å²) in [5.74, 6) is 0. The molecule has 0 saturated heterocycles. The lowest BCUT2D eigenvalue weighted by Gasteiger charge is -2.22. The minimum absolute atomic E-state index is 0.347. The Bertz CT molecular complexity index is 360. The van der Waals surface area contributed by atoms with E-state index < -0.39 is 23.7 Å². The van der Waals surface area contributed by atoms with Crippen LogP contribution in [0.2, 0.25) is 0 Å². The molecule has 0 saturated carbocycles. The average molecular weight is 211 g/mol. The van der Waals surface area contributed by atoms with Gasteiger partial charge in [0.05, 0.1) is 0 Å². The zero-order chi connectivity index (χ0) is 11.5. The molecule has 0 heterocycles. The maximum absolute atomic E-state index is 10.9. The van der Waals surface area contributed by atoms with E-state index in [1.165, 1.54) is 0 Å². The summed E-state index contributed by atoms with van der Waals surface area (Å²) < 4.78 is 0.